The molecule has 0 radical (unpaired) electrons. The van der Waals surface area contributed by atoms with Crippen molar-refractivity contribution in [3.05, 3.63) is 66.6 Å². The fourth-order valence-electron chi connectivity index (χ4n) is 2.33. The van der Waals surface area contributed by atoms with Crippen molar-refractivity contribution in [1.29, 1.82) is 0 Å². The number of carbonyl (C=O) groups excluding carboxylic acids is 1. The highest BCUT2D eigenvalue weighted by atomic mass is 35.5. The second-order valence-corrected chi connectivity index (χ2v) is 8.62. The molecule has 1 N–H and O–H groups in total. The molecule has 162 valence electrons. The molecule has 30 heavy (non-hydrogen) atoms. The van der Waals surface area contributed by atoms with Gasteiger partial charge in [-0.05, 0) is 37.1 Å². The largest absolute Gasteiger partial charge is 0.490 e. The van der Waals surface area contributed by atoms with E-state index in [-0.39, 0.29) is 17.0 Å². The summed E-state index contributed by atoms with van der Waals surface area (Å²) in [5.74, 6) is 0.548. The van der Waals surface area contributed by atoms with Gasteiger partial charge in [-0.3, -0.25) is 4.79 Å². The van der Waals surface area contributed by atoms with E-state index in [9.17, 15) is 4.79 Å². The highest BCUT2D eigenvalue weighted by Gasteiger charge is 2.12. The van der Waals surface area contributed by atoms with Crippen LogP contribution in [0.1, 0.15) is 23.2 Å². The van der Waals surface area contributed by atoms with Crippen molar-refractivity contribution in [2.45, 2.75) is 12.8 Å². The van der Waals surface area contributed by atoms with E-state index >= 15 is 0 Å². The van der Waals surface area contributed by atoms with Gasteiger partial charge in [0.15, 0.2) is 5.75 Å². The van der Waals surface area contributed by atoms with Crippen LogP contribution in [0, 0.1) is 0 Å². The third-order valence-corrected chi connectivity index (χ3v) is 5.17. The summed E-state index contributed by atoms with van der Waals surface area (Å²) in [6, 6.07) is 7.92. The molecule has 0 atom stereocenters. The summed E-state index contributed by atoms with van der Waals surface area (Å²) >= 11 is 35.4. The number of halogens is 6. The number of benzene rings is 2. The third-order valence-electron chi connectivity index (χ3n) is 3.74. The number of ether oxygens (including phenoxy) is 2. The van der Waals surface area contributed by atoms with Gasteiger partial charge in [0, 0.05) is 23.7 Å². The van der Waals surface area contributed by atoms with Crippen LogP contribution >= 0.6 is 69.6 Å². The molecule has 2 aromatic rings. The lowest BCUT2D eigenvalue weighted by Crippen LogP contribution is -2.25. The summed E-state index contributed by atoms with van der Waals surface area (Å²) in [5, 5.41) is 4.23. The zero-order valence-electron chi connectivity index (χ0n) is 15.5. The first kappa shape index (κ1) is 25.3. The summed E-state index contributed by atoms with van der Waals surface area (Å²) < 4.78 is 11.2. The Labute approximate surface area is 204 Å². The number of amides is 1. The average molecular weight is 532 g/mol. The molecule has 2 rings (SSSR count). The van der Waals surface area contributed by atoms with Gasteiger partial charge in [0.05, 0.1) is 27.2 Å². The maximum Gasteiger partial charge on any atom is 0.252 e. The molecule has 0 heterocycles. The normalized spacial score (nSPS) is 10.5. The van der Waals surface area contributed by atoms with E-state index in [2.05, 4.69) is 5.32 Å². The Balaban J connectivity index is 1.75. The van der Waals surface area contributed by atoms with Crippen molar-refractivity contribution in [2.75, 3.05) is 19.8 Å². The van der Waals surface area contributed by atoms with Crippen molar-refractivity contribution in [1.82, 2.24) is 5.32 Å². The van der Waals surface area contributed by atoms with E-state index in [1.54, 1.807) is 24.3 Å². The Kier molecular flexibility index (Phi) is 10.7. The molecule has 0 saturated heterocycles. The minimum absolute atomic E-state index is 0.110. The molecule has 0 bridgehead atoms. The molecule has 4 nitrogen and oxygen atoms in total. The van der Waals surface area contributed by atoms with Gasteiger partial charge in [0.1, 0.15) is 16.8 Å². The SMILES string of the molecule is O=C(NCCCCOc1c(Cl)cc(OCC=C(Cl)Cl)cc1Cl)c1cc(Cl)ccc1Cl. The van der Waals surface area contributed by atoms with Crippen molar-refractivity contribution in [3.8, 4) is 11.5 Å². The van der Waals surface area contributed by atoms with Crippen LogP contribution in [0.15, 0.2) is 40.9 Å². The summed E-state index contributed by atoms with van der Waals surface area (Å²) in [6.45, 7) is 1.01. The molecular formula is C20H17Cl6NO3. The zero-order chi connectivity index (χ0) is 22.1. The molecule has 0 aliphatic carbocycles. The summed E-state index contributed by atoms with van der Waals surface area (Å²) in [7, 11) is 0. The van der Waals surface area contributed by atoms with E-state index in [4.69, 9.17) is 79.1 Å². The molecule has 10 heteroatoms. The zero-order valence-corrected chi connectivity index (χ0v) is 20.0. The van der Waals surface area contributed by atoms with E-state index in [1.807, 2.05) is 0 Å². The predicted octanol–water partition coefficient (Wildman–Crippen LogP) is 7.59. The van der Waals surface area contributed by atoms with Gasteiger partial charge in [-0.2, -0.15) is 0 Å². The van der Waals surface area contributed by atoms with E-state index in [0.717, 1.165) is 0 Å². The van der Waals surface area contributed by atoms with E-state index in [1.165, 1.54) is 12.1 Å². The molecule has 1 amide bonds. The number of hydrogen-bond acceptors (Lipinski definition) is 3. The molecule has 0 aromatic heterocycles. The van der Waals surface area contributed by atoms with Gasteiger partial charge in [0.25, 0.3) is 5.91 Å². The standard InChI is InChI=1S/C20H17Cl6NO3/c21-12-3-4-15(22)14(9-12)20(28)27-6-1-2-7-30-19-16(23)10-13(11-17(19)24)29-8-5-18(25)26/h3-5,9-11H,1-2,6-8H2,(H,27,28). The van der Waals surface area contributed by atoms with Gasteiger partial charge in [-0.25, -0.2) is 0 Å². The third kappa shape index (κ3) is 8.26. The van der Waals surface area contributed by atoms with Crippen LogP contribution in [0.4, 0.5) is 0 Å². The maximum absolute atomic E-state index is 12.2. The summed E-state index contributed by atoms with van der Waals surface area (Å²) in [4.78, 5) is 12.2. The smallest absolute Gasteiger partial charge is 0.252 e. The topological polar surface area (TPSA) is 47.6 Å². The first-order valence-electron chi connectivity index (χ1n) is 8.77. The predicted molar refractivity (Wildman–Crippen MR) is 125 cm³/mol. The summed E-state index contributed by atoms with van der Waals surface area (Å²) in [6.07, 6.45) is 2.85. The van der Waals surface area contributed by atoms with E-state index < -0.39 is 0 Å². The second kappa shape index (κ2) is 12.7. The molecule has 0 saturated carbocycles. The molecule has 0 unspecified atom stereocenters. The second-order valence-electron chi connectivity index (χ2n) is 5.96. The van der Waals surface area contributed by atoms with Gasteiger partial charge in [-0.1, -0.05) is 69.6 Å². The molecule has 2 aromatic carbocycles. The number of unbranched alkanes of at least 4 members (excludes halogenated alkanes) is 1. The maximum atomic E-state index is 12.2. The van der Waals surface area contributed by atoms with E-state index in [0.29, 0.717) is 63.1 Å². The average Bonchev–Trinajstić information content (AvgIpc) is 2.67. The Morgan fingerprint density at radius 3 is 2.30 bits per heavy atom. The lowest BCUT2D eigenvalue weighted by atomic mass is 10.2. The lowest BCUT2D eigenvalue weighted by molar-refractivity contribution is 0.0952. The molecular weight excluding hydrogens is 515 g/mol. The van der Waals surface area contributed by atoms with Crippen LogP contribution < -0.4 is 14.8 Å². The van der Waals surface area contributed by atoms with Crippen molar-refractivity contribution >= 4 is 75.5 Å². The Bertz CT molecular complexity index is 892. The fourth-order valence-corrected chi connectivity index (χ4v) is 3.41. The van der Waals surface area contributed by atoms with Gasteiger partial charge >= 0.3 is 0 Å². The number of nitrogens with one attached hydrogen (secondary N) is 1. The molecule has 0 aliphatic rings. The first-order chi connectivity index (χ1) is 14.3. The summed E-state index contributed by atoms with van der Waals surface area (Å²) in [5.41, 5.74) is 0.338. The molecule has 0 fully saturated rings. The van der Waals surface area contributed by atoms with Crippen molar-refractivity contribution < 1.29 is 14.3 Å². The van der Waals surface area contributed by atoms with Crippen LogP contribution in [0.25, 0.3) is 0 Å². The van der Waals surface area contributed by atoms with Crippen LogP contribution in [0.3, 0.4) is 0 Å². The Morgan fingerprint density at radius 1 is 0.933 bits per heavy atom. The Hall–Kier alpha value is -1.01. The van der Waals surface area contributed by atoms with Crippen molar-refractivity contribution in [3.63, 3.8) is 0 Å². The lowest BCUT2D eigenvalue weighted by Gasteiger charge is -2.12. The van der Waals surface area contributed by atoms with Gasteiger partial charge in [0.2, 0.25) is 0 Å². The van der Waals surface area contributed by atoms with Crippen LogP contribution in [0.2, 0.25) is 20.1 Å². The minimum Gasteiger partial charge on any atom is -0.490 e. The van der Waals surface area contributed by atoms with Crippen LogP contribution in [-0.4, -0.2) is 25.7 Å². The van der Waals surface area contributed by atoms with Crippen molar-refractivity contribution in [2.24, 2.45) is 0 Å². The number of rotatable bonds is 10. The number of carbonyl (C=O) groups is 1. The fraction of sp³-hybridized carbons (Fsp3) is 0.250. The highest BCUT2D eigenvalue weighted by molar-refractivity contribution is 6.55. The minimum atomic E-state index is -0.282. The molecule has 0 aliphatic heterocycles. The molecule has 0 spiro atoms. The first-order valence-corrected chi connectivity index (χ1v) is 11.0. The van der Waals surface area contributed by atoms with Gasteiger partial charge < -0.3 is 14.8 Å². The quantitative estimate of drug-likeness (QED) is 0.321. The van der Waals surface area contributed by atoms with Crippen LogP contribution in [-0.2, 0) is 0 Å². The Morgan fingerprint density at radius 2 is 1.63 bits per heavy atom. The van der Waals surface area contributed by atoms with Crippen LogP contribution in [0.5, 0.6) is 11.5 Å². The monoisotopic (exact) mass is 529 g/mol. The number of hydrogen-bond donors (Lipinski definition) is 1. The highest BCUT2D eigenvalue weighted by Crippen LogP contribution is 2.37. The van der Waals surface area contributed by atoms with Gasteiger partial charge in [-0.15, -0.1) is 0 Å².